The quantitative estimate of drug-likeness (QED) is 0.585. The fourth-order valence-corrected chi connectivity index (χ4v) is 4.27. The molecule has 0 unspecified atom stereocenters. The Morgan fingerprint density at radius 3 is 2.74 bits per heavy atom. The van der Waals surface area contributed by atoms with Crippen LogP contribution in [0, 0.1) is 6.92 Å². The molecule has 1 aliphatic heterocycles. The number of aryl methyl sites for hydroxylation is 1. The van der Waals surface area contributed by atoms with Crippen LogP contribution >= 0.6 is 11.8 Å². The van der Waals surface area contributed by atoms with Gasteiger partial charge in [-0.15, -0.1) is 0 Å². The van der Waals surface area contributed by atoms with E-state index in [9.17, 15) is 0 Å². The molecule has 0 spiro atoms. The minimum absolute atomic E-state index is 0.232. The van der Waals surface area contributed by atoms with Gasteiger partial charge in [-0.2, -0.15) is 11.8 Å². The van der Waals surface area contributed by atoms with Gasteiger partial charge < -0.3 is 9.30 Å². The molecule has 1 aliphatic rings. The van der Waals surface area contributed by atoms with E-state index in [1.807, 2.05) is 11.8 Å². The van der Waals surface area contributed by atoms with E-state index in [1.165, 1.54) is 16.7 Å². The van der Waals surface area contributed by atoms with E-state index in [0.29, 0.717) is 6.61 Å². The standard InChI is InChI=1S/C23H24N2OS/c1-18-7-5-10-20(13-18)14-25-12-6-11-22(25)23-24-21(15-26-23)17-27-16-19-8-3-2-4-9-19/h2-13,21H,14-17H2,1H3/t21-/m0/s1. The van der Waals surface area contributed by atoms with Gasteiger partial charge in [0.15, 0.2) is 0 Å². The molecule has 0 saturated carbocycles. The monoisotopic (exact) mass is 376 g/mol. The molecule has 4 heteroatoms. The van der Waals surface area contributed by atoms with Crippen molar-refractivity contribution < 1.29 is 4.74 Å². The summed E-state index contributed by atoms with van der Waals surface area (Å²) in [7, 11) is 0. The highest BCUT2D eigenvalue weighted by atomic mass is 32.2. The Balaban J connectivity index is 1.38. The van der Waals surface area contributed by atoms with Crippen molar-refractivity contribution in [2.45, 2.75) is 25.3 Å². The SMILES string of the molecule is Cc1cccc(Cn2cccc2C2=N[C@H](CSCc3ccccc3)CO2)c1. The van der Waals surface area contributed by atoms with Gasteiger partial charge in [0.2, 0.25) is 5.90 Å². The average molecular weight is 377 g/mol. The number of hydrogen-bond donors (Lipinski definition) is 0. The molecule has 0 amide bonds. The molecule has 27 heavy (non-hydrogen) atoms. The first-order chi connectivity index (χ1) is 13.3. The molecule has 1 atom stereocenters. The molecule has 0 saturated heterocycles. The van der Waals surface area contributed by atoms with Crippen LogP contribution in [0.2, 0.25) is 0 Å². The molecule has 0 N–H and O–H groups in total. The molecule has 1 aromatic heterocycles. The molecule has 2 aromatic carbocycles. The van der Waals surface area contributed by atoms with Crippen molar-refractivity contribution in [2.75, 3.05) is 12.4 Å². The van der Waals surface area contributed by atoms with Crippen LogP contribution in [-0.2, 0) is 17.0 Å². The van der Waals surface area contributed by atoms with Gasteiger partial charge in [-0.05, 0) is 30.2 Å². The number of nitrogens with zero attached hydrogens (tertiary/aromatic N) is 2. The topological polar surface area (TPSA) is 26.5 Å². The van der Waals surface area contributed by atoms with Gasteiger partial charge in [0.25, 0.3) is 0 Å². The first kappa shape index (κ1) is 17.9. The Labute approximate surface area is 165 Å². The third-order valence-corrected chi connectivity index (χ3v) is 5.78. The third kappa shape index (κ3) is 4.64. The van der Waals surface area contributed by atoms with Crippen LogP contribution in [0.1, 0.15) is 22.4 Å². The zero-order valence-electron chi connectivity index (χ0n) is 15.5. The van der Waals surface area contributed by atoms with Crippen LogP contribution in [0.25, 0.3) is 0 Å². The van der Waals surface area contributed by atoms with Crippen molar-refractivity contribution in [1.29, 1.82) is 0 Å². The number of aromatic nitrogens is 1. The predicted octanol–water partition coefficient (Wildman–Crippen LogP) is 4.92. The molecule has 0 radical (unpaired) electrons. The molecule has 0 fully saturated rings. The summed E-state index contributed by atoms with van der Waals surface area (Å²) >= 11 is 1.92. The second kappa shape index (κ2) is 8.49. The second-order valence-electron chi connectivity index (χ2n) is 6.91. The van der Waals surface area contributed by atoms with E-state index < -0.39 is 0 Å². The highest BCUT2D eigenvalue weighted by Crippen LogP contribution is 2.20. The molecule has 3 nitrogen and oxygen atoms in total. The smallest absolute Gasteiger partial charge is 0.233 e. The lowest BCUT2D eigenvalue weighted by Gasteiger charge is -2.09. The number of ether oxygens (including phenoxy) is 1. The van der Waals surface area contributed by atoms with Crippen LogP contribution in [0.15, 0.2) is 77.9 Å². The fourth-order valence-electron chi connectivity index (χ4n) is 3.28. The van der Waals surface area contributed by atoms with Crippen LogP contribution < -0.4 is 0 Å². The van der Waals surface area contributed by atoms with Crippen LogP contribution in [0.5, 0.6) is 0 Å². The maximum absolute atomic E-state index is 5.93. The molecule has 138 valence electrons. The van der Waals surface area contributed by atoms with Gasteiger partial charge in [-0.1, -0.05) is 60.2 Å². The van der Waals surface area contributed by atoms with Crippen molar-refractivity contribution >= 4 is 17.7 Å². The van der Waals surface area contributed by atoms with Crippen molar-refractivity contribution in [1.82, 2.24) is 4.57 Å². The maximum Gasteiger partial charge on any atom is 0.233 e. The first-order valence-corrected chi connectivity index (χ1v) is 10.5. The van der Waals surface area contributed by atoms with E-state index in [0.717, 1.165) is 29.6 Å². The number of thioether (sulfide) groups is 1. The molecular formula is C23H24N2OS. The number of aliphatic imine (C=N–C) groups is 1. The van der Waals surface area contributed by atoms with Crippen molar-refractivity contribution in [3.05, 3.63) is 95.3 Å². The summed E-state index contributed by atoms with van der Waals surface area (Å²) < 4.78 is 8.15. The van der Waals surface area contributed by atoms with Crippen LogP contribution in [0.4, 0.5) is 0 Å². The third-order valence-electron chi connectivity index (χ3n) is 4.62. The molecule has 3 aromatic rings. The highest BCUT2D eigenvalue weighted by Gasteiger charge is 2.22. The summed E-state index contributed by atoms with van der Waals surface area (Å²) in [6.45, 7) is 3.63. The van der Waals surface area contributed by atoms with Gasteiger partial charge in [0.1, 0.15) is 12.3 Å². The Morgan fingerprint density at radius 1 is 1.04 bits per heavy atom. The van der Waals surface area contributed by atoms with Gasteiger partial charge in [-0.3, -0.25) is 0 Å². The molecule has 2 heterocycles. The summed E-state index contributed by atoms with van der Waals surface area (Å²) in [4.78, 5) is 4.83. The zero-order chi connectivity index (χ0) is 18.5. The summed E-state index contributed by atoms with van der Waals surface area (Å²) in [6, 6.07) is 23.6. The Kier molecular flexibility index (Phi) is 5.64. The van der Waals surface area contributed by atoms with Crippen molar-refractivity contribution in [3.8, 4) is 0 Å². The first-order valence-electron chi connectivity index (χ1n) is 9.31. The van der Waals surface area contributed by atoms with Gasteiger partial charge in [-0.25, -0.2) is 4.99 Å². The maximum atomic E-state index is 5.93. The minimum atomic E-state index is 0.232. The lowest BCUT2D eigenvalue weighted by Crippen LogP contribution is -2.11. The lowest BCUT2D eigenvalue weighted by atomic mass is 10.1. The second-order valence-corrected chi connectivity index (χ2v) is 7.94. The van der Waals surface area contributed by atoms with Crippen molar-refractivity contribution in [3.63, 3.8) is 0 Å². The molecule has 0 aliphatic carbocycles. The molecular weight excluding hydrogens is 352 g/mol. The highest BCUT2D eigenvalue weighted by molar-refractivity contribution is 7.98. The van der Waals surface area contributed by atoms with E-state index in [2.05, 4.69) is 84.4 Å². The predicted molar refractivity (Wildman–Crippen MR) is 114 cm³/mol. The molecule has 0 bridgehead atoms. The average Bonchev–Trinajstić information content (AvgIpc) is 3.32. The lowest BCUT2D eigenvalue weighted by molar-refractivity contribution is 0.323. The summed E-state index contributed by atoms with van der Waals surface area (Å²) in [6.07, 6.45) is 2.10. The van der Waals surface area contributed by atoms with Gasteiger partial charge in [0, 0.05) is 24.2 Å². The number of rotatable bonds is 7. The zero-order valence-corrected chi connectivity index (χ0v) is 16.4. The van der Waals surface area contributed by atoms with Crippen LogP contribution in [-0.4, -0.2) is 28.9 Å². The number of benzene rings is 2. The van der Waals surface area contributed by atoms with E-state index >= 15 is 0 Å². The van der Waals surface area contributed by atoms with Crippen molar-refractivity contribution in [2.24, 2.45) is 4.99 Å². The Hall–Kier alpha value is -2.46. The Morgan fingerprint density at radius 2 is 1.89 bits per heavy atom. The van der Waals surface area contributed by atoms with E-state index in [1.54, 1.807) is 0 Å². The number of hydrogen-bond acceptors (Lipinski definition) is 3. The van der Waals surface area contributed by atoms with Gasteiger partial charge >= 0.3 is 0 Å². The minimum Gasteiger partial charge on any atom is -0.474 e. The summed E-state index contributed by atoms with van der Waals surface area (Å²) in [5, 5.41) is 0. The Bertz CT molecular complexity index is 917. The van der Waals surface area contributed by atoms with E-state index in [4.69, 9.17) is 9.73 Å². The van der Waals surface area contributed by atoms with Crippen LogP contribution in [0.3, 0.4) is 0 Å². The normalized spacial score (nSPS) is 16.2. The van der Waals surface area contributed by atoms with Gasteiger partial charge in [0.05, 0.1) is 6.04 Å². The molecule has 4 rings (SSSR count). The largest absolute Gasteiger partial charge is 0.474 e. The summed E-state index contributed by atoms with van der Waals surface area (Å²) in [5.41, 5.74) is 5.00. The fraction of sp³-hybridized carbons (Fsp3) is 0.261. The summed E-state index contributed by atoms with van der Waals surface area (Å²) in [5.74, 6) is 2.78. The van der Waals surface area contributed by atoms with E-state index in [-0.39, 0.29) is 6.04 Å².